The maximum atomic E-state index is 12.3. The first kappa shape index (κ1) is 16.3. The van der Waals surface area contributed by atoms with E-state index in [-0.39, 0.29) is 11.9 Å². The number of aromatic nitrogens is 5. The van der Waals surface area contributed by atoms with Gasteiger partial charge in [0.1, 0.15) is 11.9 Å². The zero-order valence-corrected chi connectivity index (χ0v) is 13.5. The van der Waals surface area contributed by atoms with Gasteiger partial charge in [0.25, 0.3) is 5.56 Å². The highest BCUT2D eigenvalue weighted by molar-refractivity contribution is 5.93. The smallest absolute Gasteiger partial charge is 0.337 e. The number of benzene rings is 1. The second-order valence-corrected chi connectivity index (χ2v) is 5.17. The van der Waals surface area contributed by atoms with E-state index in [1.165, 1.54) is 30.1 Å². The van der Waals surface area contributed by atoms with Gasteiger partial charge in [-0.1, -0.05) is 5.21 Å². The van der Waals surface area contributed by atoms with Crippen LogP contribution < -0.4 is 10.9 Å². The molecule has 1 N–H and O–H groups in total. The Hall–Kier alpha value is -3.56. The van der Waals surface area contributed by atoms with Crippen LogP contribution in [0.5, 0.6) is 0 Å². The average Bonchev–Trinajstić information content (AvgIpc) is 2.99. The van der Waals surface area contributed by atoms with Crippen LogP contribution in [0.15, 0.2) is 35.3 Å². The lowest BCUT2D eigenvalue weighted by molar-refractivity contribution is -0.117. The van der Waals surface area contributed by atoms with Crippen molar-refractivity contribution >= 4 is 28.6 Å². The number of anilines is 1. The molecule has 1 aromatic carbocycles. The van der Waals surface area contributed by atoms with Gasteiger partial charge < -0.3 is 10.1 Å². The number of carbonyl (C=O) groups is 2. The summed E-state index contributed by atoms with van der Waals surface area (Å²) in [4.78, 5) is 35.7. The molecular weight excluding hydrogens is 328 g/mol. The van der Waals surface area contributed by atoms with E-state index in [4.69, 9.17) is 0 Å². The summed E-state index contributed by atoms with van der Waals surface area (Å²) in [6.45, 7) is -0.296. The molecule has 2 heterocycles. The molecular formula is C15H14N6O4. The maximum Gasteiger partial charge on any atom is 0.337 e. The summed E-state index contributed by atoms with van der Waals surface area (Å²) in [6, 6.07) is 6.16. The van der Waals surface area contributed by atoms with Crippen LogP contribution in [0, 0.1) is 0 Å². The third-order valence-corrected chi connectivity index (χ3v) is 3.50. The molecule has 0 fully saturated rings. The van der Waals surface area contributed by atoms with Gasteiger partial charge >= 0.3 is 5.97 Å². The van der Waals surface area contributed by atoms with E-state index < -0.39 is 17.4 Å². The third kappa shape index (κ3) is 3.22. The van der Waals surface area contributed by atoms with E-state index in [0.29, 0.717) is 16.9 Å². The molecule has 0 unspecified atom stereocenters. The molecule has 3 aromatic rings. The number of nitrogens with one attached hydrogen (secondary N) is 1. The molecule has 0 saturated carbocycles. The monoisotopic (exact) mass is 342 g/mol. The molecule has 25 heavy (non-hydrogen) atoms. The Balaban J connectivity index is 1.73. The number of fused-ring (bicyclic) bond motifs is 1. The SMILES string of the molecule is COC(=O)c1ccc(NC(=O)Cn2nnc3c(cnn3C)c2=O)cc1. The Morgan fingerprint density at radius 1 is 1.24 bits per heavy atom. The zero-order chi connectivity index (χ0) is 18.0. The Bertz CT molecular complexity index is 1010. The van der Waals surface area contributed by atoms with Crippen molar-refractivity contribution in [1.82, 2.24) is 24.8 Å². The summed E-state index contributed by atoms with van der Waals surface area (Å²) in [5.74, 6) is -0.921. The molecule has 10 nitrogen and oxygen atoms in total. The van der Waals surface area contributed by atoms with Crippen LogP contribution in [0.3, 0.4) is 0 Å². The first-order valence-electron chi connectivity index (χ1n) is 7.23. The van der Waals surface area contributed by atoms with E-state index in [2.05, 4.69) is 25.5 Å². The summed E-state index contributed by atoms with van der Waals surface area (Å²) in [5.41, 5.74) is 0.736. The van der Waals surface area contributed by atoms with Gasteiger partial charge in [0.05, 0.1) is 18.9 Å². The molecule has 128 valence electrons. The zero-order valence-electron chi connectivity index (χ0n) is 13.5. The third-order valence-electron chi connectivity index (χ3n) is 3.50. The molecule has 0 aliphatic heterocycles. The molecule has 0 atom stereocenters. The summed E-state index contributed by atoms with van der Waals surface area (Å²) in [6.07, 6.45) is 1.38. The highest BCUT2D eigenvalue weighted by Gasteiger charge is 2.12. The van der Waals surface area contributed by atoms with E-state index in [9.17, 15) is 14.4 Å². The first-order valence-corrected chi connectivity index (χ1v) is 7.23. The number of esters is 1. The number of hydrogen-bond donors (Lipinski definition) is 1. The highest BCUT2D eigenvalue weighted by Crippen LogP contribution is 2.10. The largest absolute Gasteiger partial charge is 0.465 e. The minimum Gasteiger partial charge on any atom is -0.465 e. The van der Waals surface area contributed by atoms with Crippen molar-refractivity contribution in [2.75, 3.05) is 12.4 Å². The fourth-order valence-electron chi connectivity index (χ4n) is 2.22. The van der Waals surface area contributed by atoms with Crippen molar-refractivity contribution in [2.24, 2.45) is 7.05 Å². The van der Waals surface area contributed by atoms with E-state index in [0.717, 1.165) is 4.68 Å². The van der Waals surface area contributed by atoms with E-state index in [1.54, 1.807) is 19.2 Å². The Labute approximate surface area is 141 Å². The van der Waals surface area contributed by atoms with Crippen LogP contribution in [0.4, 0.5) is 5.69 Å². The van der Waals surface area contributed by atoms with Gasteiger partial charge in [-0.05, 0) is 24.3 Å². The Kier molecular flexibility index (Phi) is 4.25. The Morgan fingerprint density at radius 3 is 2.64 bits per heavy atom. The second-order valence-electron chi connectivity index (χ2n) is 5.17. The van der Waals surface area contributed by atoms with E-state index in [1.807, 2.05) is 0 Å². The van der Waals surface area contributed by atoms with Gasteiger partial charge in [0.2, 0.25) is 5.91 Å². The van der Waals surface area contributed by atoms with Gasteiger partial charge in [-0.3, -0.25) is 9.59 Å². The number of aryl methyl sites for hydroxylation is 1. The summed E-state index contributed by atoms with van der Waals surface area (Å²) in [7, 11) is 2.93. The number of rotatable bonds is 4. The van der Waals surface area contributed by atoms with Crippen molar-refractivity contribution in [3.63, 3.8) is 0 Å². The maximum absolute atomic E-state index is 12.3. The molecule has 0 bridgehead atoms. The number of hydrogen-bond acceptors (Lipinski definition) is 7. The molecule has 0 radical (unpaired) electrons. The normalized spacial score (nSPS) is 10.6. The Morgan fingerprint density at radius 2 is 1.96 bits per heavy atom. The quantitative estimate of drug-likeness (QED) is 0.660. The lowest BCUT2D eigenvalue weighted by Gasteiger charge is -2.07. The van der Waals surface area contributed by atoms with Crippen LogP contribution in [0.25, 0.3) is 11.0 Å². The number of ether oxygens (including phenoxy) is 1. The van der Waals surface area contributed by atoms with Crippen molar-refractivity contribution in [3.8, 4) is 0 Å². The predicted molar refractivity (Wildman–Crippen MR) is 87.0 cm³/mol. The van der Waals surface area contributed by atoms with Crippen molar-refractivity contribution in [2.45, 2.75) is 6.54 Å². The molecule has 0 spiro atoms. The van der Waals surface area contributed by atoms with Gasteiger partial charge in [-0.25, -0.2) is 14.2 Å². The molecule has 3 rings (SSSR count). The lowest BCUT2D eigenvalue weighted by atomic mass is 10.2. The van der Waals surface area contributed by atoms with Gasteiger partial charge in [0, 0.05) is 12.7 Å². The number of methoxy groups -OCH3 is 1. The van der Waals surface area contributed by atoms with Crippen molar-refractivity contribution in [1.29, 1.82) is 0 Å². The van der Waals surface area contributed by atoms with Crippen LogP contribution in [-0.2, 0) is 23.1 Å². The molecule has 0 saturated heterocycles. The fraction of sp³-hybridized carbons (Fsp3) is 0.200. The van der Waals surface area contributed by atoms with Crippen LogP contribution in [-0.4, -0.2) is 43.8 Å². The molecule has 0 aliphatic rings. The van der Waals surface area contributed by atoms with E-state index >= 15 is 0 Å². The minimum absolute atomic E-state index is 0.285. The average molecular weight is 342 g/mol. The van der Waals surface area contributed by atoms with Gasteiger partial charge in [-0.2, -0.15) is 5.10 Å². The number of carbonyl (C=O) groups excluding carboxylic acids is 2. The minimum atomic E-state index is -0.468. The number of amides is 1. The summed E-state index contributed by atoms with van der Waals surface area (Å²) < 4.78 is 6.99. The second kappa shape index (κ2) is 6.51. The molecule has 10 heteroatoms. The highest BCUT2D eigenvalue weighted by atomic mass is 16.5. The van der Waals surface area contributed by atoms with Crippen LogP contribution in [0.2, 0.25) is 0 Å². The van der Waals surface area contributed by atoms with Crippen LogP contribution >= 0.6 is 0 Å². The van der Waals surface area contributed by atoms with Gasteiger partial charge in [-0.15, -0.1) is 5.10 Å². The van der Waals surface area contributed by atoms with Gasteiger partial charge in [0.15, 0.2) is 5.65 Å². The number of nitrogens with zero attached hydrogens (tertiary/aromatic N) is 5. The van der Waals surface area contributed by atoms with Crippen molar-refractivity contribution in [3.05, 3.63) is 46.4 Å². The summed E-state index contributed by atoms with van der Waals surface area (Å²) in [5, 5.41) is 14.5. The molecule has 1 amide bonds. The standard InChI is InChI=1S/C15H14N6O4/c1-20-13-11(7-16-20)14(23)21(19-18-13)8-12(22)17-10-5-3-9(4-6-10)15(24)25-2/h3-7H,8H2,1-2H3,(H,17,22). The lowest BCUT2D eigenvalue weighted by Crippen LogP contribution is -2.30. The first-order chi connectivity index (χ1) is 12.0. The summed E-state index contributed by atoms with van der Waals surface area (Å²) >= 11 is 0. The fourth-order valence-corrected chi connectivity index (χ4v) is 2.22. The molecule has 0 aliphatic carbocycles. The van der Waals surface area contributed by atoms with Crippen molar-refractivity contribution < 1.29 is 14.3 Å². The molecule has 2 aromatic heterocycles. The predicted octanol–water partition coefficient (Wildman–Crippen LogP) is -0.0497. The topological polar surface area (TPSA) is 121 Å². The van der Waals surface area contributed by atoms with Crippen LogP contribution in [0.1, 0.15) is 10.4 Å².